The number of aliphatic hydroxyl groups is 1. The van der Waals surface area contributed by atoms with Crippen LogP contribution >= 0.6 is 0 Å². The molecule has 0 saturated carbocycles. The van der Waals surface area contributed by atoms with Gasteiger partial charge >= 0.3 is 12.7 Å². The van der Waals surface area contributed by atoms with Crippen molar-refractivity contribution in [3.05, 3.63) is 28.4 Å². The number of hydrogen-bond acceptors (Lipinski definition) is 3. The van der Waals surface area contributed by atoms with Gasteiger partial charge in [0.25, 0.3) is 5.56 Å². The molecule has 0 radical (unpaired) electrons. The van der Waals surface area contributed by atoms with Crippen molar-refractivity contribution >= 4 is 0 Å². The highest BCUT2D eigenvalue weighted by atomic mass is 19.4. The van der Waals surface area contributed by atoms with Gasteiger partial charge in [-0.05, 0) is 13.8 Å². The Bertz CT molecular complexity index is 846. The number of rotatable bonds is 2. The summed E-state index contributed by atoms with van der Waals surface area (Å²) in [6, 6.07) is 0.188. The predicted octanol–water partition coefficient (Wildman–Crippen LogP) is 2.25. The smallest absolute Gasteiger partial charge is 0.374 e. The zero-order valence-electron chi connectivity index (χ0n) is 12.6. The van der Waals surface area contributed by atoms with E-state index < -0.39 is 35.8 Å². The van der Waals surface area contributed by atoms with E-state index >= 15 is 0 Å². The fraction of sp³-hybridized carbons (Fsp3) is 0.538. The second kappa shape index (κ2) is 4.91. The number of fused-ring (bicyclic) bond motifs is 3. The summed E-state index contributed by atoms with van der Waals surface area (Å²) in [6.07, 6.45) is -3.94. The first-order valence-electron chi connectivity index (χ1n) is 6.94. The van der Waals surface area contributed by atoms with Crippen molar-refractivity contribution < 1.29 is 27.1 Å². The minimum atomic E-state index is -4.97. The van der Waals surface area contributed by atoms with Crippen molar-refractivity contribution in [3.63, 3.8) is 0 Å². The Morgan fingerprint density at radius 1 is 1.33 bits per heavy atom. The molecule has 24 heavy (non-hydrogen) atoms. The van der Waals surface area contributed by atoms with Crippen molar-refractivity contribution in [1.29, 1.82) is 0 Å². The molecule has 1 unspecified atom stereocenters. The van der Waals surface area contributed by atoms with Crippen LogP contribution in [0.1, 0.15) is 32.3 Å². The van der Waals surface area contributed by atoms with Crippen LogP contribution in [0.15, 0.2) is 17.1 Å². The third kappa shape index (κ3) is 2.10. The molecule has 2 aromatic rings. The van der Waals surface area contributed by atoms with Crippen molar-refractivity contribution in [2.45, 2.75) is 44.8 Å². The second-order valence-electron chi connectivity index (χ2n) is 5.83. The molecule has 0 bridgehead atoms. The highest BCUT2D eigenvalue weighted by Gasteiger charge is 2.55. The van der Waals surface area contributed by atoms with Crippen LogP contribution in [0, 0.1) is 0 Å². The summed E-state index contributed by atoms with van der Waals surface area (Å²) in [5.74, 6) is -0.652. The van der Waals surface area contributed by atoms with Crippen molar-refractivity contribution in [1.82, 2.24) is 18.9 Å². The fourth-order valence-electron chi connectivity index (χ4n) is 2.90. The van der Waals surface area contributed by atoms with E-state index in [9.17, 15) is 31.9 Å². The topological polar surface area (TPSA) is 65.0 Å². The molecule has 11 heteroatoms. The average Bonchev–Trinajstić information content (AvgIpc) is 2.98. The van der Waals surface area contributed by atoms with E-state index in [-0.39, 0.29) is 22.6 Å². The monoisotopic (exact) mass is 352 g/mol. The van der Waals surface area contributed by atoms with Gasteiger partial charge in [0, 0.05) is 6.07 Å². The molecule has 6 nitrogen and oxygen atoms in total. The summed E-state index contributed by atoms with van der Waals surface area (Å²) < 4.78 is 67.8. The van der Waals surface area contributed by atoms with E-state index in [4.69, 9.17) is 0 Å². The van der Waals surface area contributed by atoms with E-state index in [1.807, 2.05) is 0 Å². The molecule has 2 atom stereocenters. The summed E-state index contributed by atoms with van der Waals surface area (Å²) >= 11 is 0. The largest absolute Gasteiger partial charge is 0.424 e. The predicted molar refractivity (Wildman–Crippen MR) is 71.5 cm³/mol. The molecule has 3 heterocycles. The van der Waals surface area contributed by atoms with Crippen molar-refractivity contribution in [3.8, 4) is 11.4 Å². The van der Waals surface area contributed by atoms with Gasteiger partial charge < -0.3 is 9.67 Å². The van der Waals surface area contributed by atoms with Gasteiger partial charge in [-0.15, -0.1) is 0 Å². The van der Waals surface area contributed by atoms with Gasteiger partial charge in [0.2, 0.25) is 5.60 Å². The average molecular weight is 352 g/mol. The van der Waals surface area contributed by atoms with E-state index in [1.54, 1.807) is 0 Å². The van der Waals surface area contributed by atoms with Gasteiger partial charge in [-0.1, -0.05) is 0 Å². The van der Waals surface area contributed by atoms with Gasteiger partial charge in [-0.25, -0.2) is 4.98 Å². The SMILES string of the molecule is C[C@H]1Cn2c(cc(=O)n2C(F)F)-c2cnc(C(C)(O)C(F)(F)F)n21. The molecular formula is C13H13F5N4O2. The molecule has 1 aliphatic rings. The summed E-state index contributed by atoms with van der Waals surface area (Å²) in [5.41, 5.74) is -4.10. The van der Waals surface area contributed by atoms with Crippen LogP contribution in [0.4, 0.5) is 22.0 Å². The lowest BCUT2D eigenvalue weighted by molar-refractivity contribution is -0.262. The molecule has 2 aromatic heterocycles. The van der Waals surface area contributed by atoms with Crippen LogP contribution in [0.5, 0.6) is 0 Å². The van der Waals surface area contributed by atoms with Crippen LogP contribution in [0.2, 0.25) is 0 Å². The summed E-state index contributed by atoms with van der Waals surface area (Å²) in [4.78, 5) is 15.4. The molecule has 3 rings (SSSR count). The molecule has 0 fully saturated rings. The molecule has 0 amide bonds. The number of aromatic nitrogens is 4. The number of nitrogens with zero attached hydrogens (tertiary/aromatic N) is 4. The number of halogens is 5. The van der Waals surface area contributed by atoms with Crippen molar-refractivity contribution in [2.24, 2.45) is 0 Å². The van der Waals surface area contributed by atoms with E-state index in [2.05, 4.69) is 4.98 Å². The lowest BCUT2D eigenvalue weighted by Crippen LogP contribution is -2.43. The molecule has 0 aliphatic carbocycles. The Balaban J connectivity index is 2.24. The summed E-state index contributed by atoms with van der Waals surface area (Å²) in [7, 11) is 0. The van der Waals surface area contributed by atoms with Gasteiger partial charge in [0.15, 0.2) is 5.82 Å². The van der Waals surface area contributed by atoms with Crippen LogP contribution < -0.4 is 5.56 Å². The maximum absolute atomic E-state index is 13.1. The van der Waals surface area contributed by atoms with Gasteiger partial charge in [0.1, 0.15) is 0 Å². The van der Waals surface area contributed by atoms with E-state index in [0.717, 1.165) is 21.5 Å². The molecule has 1 aliphatic heterocycles. The van der Waals surface area contributed by atoms with Gasteiger partial charge in [0.05, 0.1) is 30.2 Å². The zero-order valence-corrected chi connectivity index (χ0v) is 12.6. The molecular weight excluding hydrogens is 339 g/mol. The molecule has 0 aromatic carbocycles. The Kier molecular flexibility index (Phi) is 3.41. The highest BCUT2D eigenvalue weighted by molar-refractivity contribution is 5.56. The molecule has 0 saturated heterocycles. The second-order valence-corrected chi connectivity index (χ2v) is 5.83. The van der Waals surface area contributed by atoms with Crippen LogP contribution in [0.25, 0.3) is 11.4 Å². The lowest BCUT2D eigenvalue weighted by Gasteiger charge is -2.32. The van der Waals surface area contributed by atoms with Crippen LogP contribution in [-0.2, 0) is 12.1 Å². The third-order valence-corrected chi connectivity index (χ3v) is 4.13. The standard InChI is InChI=1S/C13H13F5N4O2/c1-6-5-20-7(3-9(23)22(20)11(14)15)8-4-19-10(21(6)8)12(2,24)13(16,17)18/h3-4,6,11,24H,5H2,1-2H3/t6-,12?/m0/s1. The minimum absolute atomic E-state index is 0.0233. The maximum atomic E-state index is 13.1. The maximum Gasteiger partial charge on any atom is 0.424 e. The van der Waals surface area contributed by atoms with Crippen molar-refractivity contribution in [2.75, 3.05) is 0 Å². The zero-order chi connectivity index (χ0) is 18.0. The quantitative estimate of drug-likeness (QED) is 0.844. The van der Waals surface area contributed by atoms with Gasteiger partial charge in [-0.2, -0.15) is 26.6 Å². The Labute approximate surface area is 131 Å². The lowest BCUT2D eigenvalue weighted by atomic mass is 10.0. The molecule has 0 spiro atoms. The first-order valence-corrected chi connectivity index (χ1v) is 6.94. The van der Waals surface area contributed by atoms with E-state index in [1.165, 1.54) is 6.92 Å². The number of hydrogen-bond donors (Lipinski definition) is 1. The minimum Gasteiger partial charge on any atom is -0.374 e. The molecule has 1 N–H and O–H groups in total. The van der Waals surface area contributed by atoms with Gasteiger partial charge in [-0.3, -0.25) is 9.48 Å². The Morgan fingerprint density at radius 2 is 1.96 bits per heavy atom. The highest BCUT2D eigenvalue weighted by Crippen LogP contribution is 2.42. The van der Waals surface area contributed by atoms with E-state index in [0.29, 0.717) is 6.92 Å². The first-order chi connectivity index (χ1) is 11.0. The molecule has 132 valence electrons. The number of alkyl halides is 5. The normalized spacial score (nSPS) is 20.0. The third-order valence-electron chi connectivity index (χ3n) is 4.13. The number of imidazole rings is 1. The Morgan fingerprint density at radius 3 is 2.50 bits per heavy atom. The summed E-state index contributed by atoms with van der Waals surface area (Å²) in [6.45, 7) is -1.18. The fourth-order valence-corrected chi connectivity index (χ4v) is 2.90. The van der Waals surface area contributed by atoms with Crippen LogP contribution in [-0.4, -0.2) is 30.2 Å². The first kappa shape index (κ1) is 16.7. The van der Waals surface area contributed by atoms with Crippen LogP contribution in [0.3, 0.4) is 0 Å². The summed E-state index contributed by atoms with van der Waals surface area (Å²) in [5, 5.41) is 9.88. The Hall–Kier alpha value is -2.17.